The molecule has 150 valence electrons. The average molecular weight is 409 g/mol. The van der Waals surface area contributed by atoms with Gasteiger partial charge in [0.25, 0.3) is 5.91 Å². The van der Waals surface area contributed by atoms with Gasteiger partial charge in [-0.15, -0.1) is 11.3 Å². The summed E-state index contributed by atoms with van der Waals surface area (Å²) in [7, 11) is 0. The lowest BCUT2D eigenvalue weighted by Gasteiger charge is -2.10. The number of thiazole rings is 1. The van der Waals surface area contributed by atoms with Crippen LogP contribution in [0.2, 0.25) is 0 Å². The number of nitrogens with zero attached hydrogens (tertiary/aromatic N) is 1. The monoisotopic (exact) mass is 408 g/mol. The number of anilines is 1. The maximum Gasteiger partial charge on any atom is 0.315 e. The highest BCUT2D eigenvalue weighted by molar-refractivity contribution is 7.09. The van der Waals surface area contributed by atoms with Gasteiger partial charge in [0.05, 0.1) is 10.7 Å². The Kier molecular flexibility index (Phi) is 6.61. The Hall–Kier alpha value is -3.19. The van der Waals surface area contributed by atoms with E-state index in [0.717, 1.165) is 27.5 Å². The Morgan fingerprint density at radius 2 is 1.72 bits per heavy atom. The number of urea groups is 1. The van der Waals surface area contributed by atoms with E-state index in [0.29, 0.717) is 12.1 Å². The zero-order chi connectivity index (χ0) is 20.8. The first-order valence-electron chi connectivity index (χ1n) is 9.38. The second-order valence-electron chi connectivity index (χ2n) is 6.96. The highest BCUT2D eigenvalue weighted by atomic mass is 32.1. The largest absolute Gasteiger partial charge is 0.336 e. The van der Waals surface area contributed by atoms with Crippen LogP contribution in [0.4, 0.5) is 10.5 Å². The minimum Gasteiger partial charge on any atom is -0.336 e. The fourth-order valence-electron chi connectivity index (χ4n) is 2.69. The van der Waals surface area contributed by atoms with Gasteiger partial charge in [-0.05, 0) is 50.6 Å². The average Bonchev–Trinajstić information content (AvgIpc) is 3.13. The third-order valence-electron chi connectivity index (χ3n) is 4.15. The van der Waals surface area contributed by atoms with Gasteiger partial charge in [0.15, 0.2) is 0 Å². The minimum atomic E-state index is -0.210. The third-order valence-corrected chi connectivity index (χ3v) is 4.92. The highest BCUT2D eigenvalue weighted by Gasteiger charge is 2.08. The smallest absolute Gasteiger partial charge is 0.315 e. The fraction of sp³-hybridized carbons (Fsp3) is 0.227. The number of aromatic nitrogens is 1. The number of carbonyl (C=O) groups is 2. The first-order valence-corrected chi connectivity index (χ1v) is 10.3. The molecule has 3 N–H and O–H groups in total. The van der Waals surface area contributed by atoms with Crippen molar-refractivity contribution in [1.29, 1.82) is 0 Å². The van der Waals surface area contributed by atoms with E-state index in [1.807, 2.05) is 62.5 Å². The summed E-state index contributed by atoms with van der Waals surface area (Å²) in [5.41, 5.74) is 4.16. The molecule has 0 bridgehead atoms. The summed E-state index contributed by atoms with van der Waals surface area (Å²) in [6.45, 7) is 6.18. The first-order chi connectivity index (χ1) is 13.9. The van der Waals surface area contributed by atoms with Crippen molar-refractivity contribution in [2.75, 3.05) is 5.32 Å². The first kappa shape index (κ1) is 20.5. The van der Waals surface area contributed by atoms with Crippen molar-refractivity contribution >= 4 is 29.0 Å². The molecule has 6 nitrogen and oxygen atoms in total. The topological polar surface area (TPSA) is 83.1 Å². The lowest BCUT2D eigenvalue weighted by atomic mass is 10.1. The summed E-state index contributed by atoms with van der Waals surface area (Å²) in [5, 5.41) is 11.5. The van der Waals surface area contributed by atoms with Crippen molar-refractivity contribution in [1.82, 2.24) is 15.6 Å². The lowest BCUT2D eigenvalue weighted by molar-refractivity contribution is 0.102. The molecule has 0 saturated heterocycles. The van der Waals surface area contributed by atoms with Gasteiger partial charge in [-0.1, -0.05) is 24.3 Å². The molecule has 7 heteroatoms. The van der Waals surface area contributed by atoms with E-state index in [1.54, 1.807) is 23.5 Å². The molecule has 29 heavy (non-hydrogen) atoms. The Bertz CT molecular complexity index is 979. The summed E-state index contributed by atoms with van der Waals surface area (Å²) in [4.78, 5) is 28.6. The molecule has 0 aliphatic rings. The van der Waals surface area contributed by atoms with Crippen LogP contribution in [0.5, 0.6) is 0 Å². The summed E-state index contributed by atoms with van der Waals surface area (Å²) in [6, 6.07) is 14.7. The predicted octanol–water partition coefficient (Wildman–Crippen LogP) is 4.58. The molecule has 0 aliphatic carbocycles. The van der Waals surface area contributed by atoms with E-state index in [-0.39, 0.29) is 18.0 Å². The normalized spacial score (nSPS) is 10.6. The number of amides is 3. The van der Waals surface area contributed by atoms with E-state index >= 15 is 0 Å². The number of hydrogen-bond acceptors (Lipinski definition) is 4. The van der Waals surface area contributed by atoms with E-state index in [9.17, 15) is 9.59 Å². The standard InChI is InChI=1S/C22H24N4O2S/c1-14(2)24-22(28)23-12-16-4-6-18(7-5-16)21(27)26-19-10-8-17(9-11-19)20-13-29-15(3)25-20/h4-11,13-14H,12H2,1-3H3,(H,26,27)(H2,23,24,28). The molecule has 0 saturated carbocycles. The SMILES string of the molecule is Cc1nc(-c2ccc(NC(=O)c3ccc(CNC(=O)NC(C)C)cc3)cc2)cs1. The summed E-state index contributed by atoms with van der Waals surface area (Å²) in [6.07, 6.45) is 0. The van der Waals surface area contributed by atoms with Gasteiger partial charge in [-0.25, -0.2) is 9.78 Å². The van der Waals surface area contributed by atoms with E-state index < -0.39 is 0 Å². The molecule has 0 fully saturated rings. The maximum absolute atomic E-state index is 12.5. The van der Waals surface area contributed by atoms with Crippen molar-refractivity contribution in [3.8, 4) is 11.3 Å². The number of aryl methyl sites for hydroxylation is 1. The van der Waals surface area contributed by atoms with Crippen molar-refractivity contribution in [2.24, 2.45) is 0 Å². The summed E-state index contributed by atoms with van der Waals surface area (Å²) >= 11 is 1.61. The Balaban J connectivity index is 1.56. The van der Waals surface area contributed by atoms with Crippen molar-refractivity contribution < 1.29 is 9.59 Å². The highest BCUT2D eigenvalue weighted by Crippen LogP contribution is 2.23. The fourth-order valence-corrected chi connectivity index (χ4v) is 3.32. The van der Waals surface area contributed by atoms with E-state index in [4.69, 9.17) is 0 Å². The van der Waals surface area contributed by atoms with Crippen LogP contribution in [0.25, 0.3) is 11.3 Å². The van der Waals surface area contributed by atoms with E-state index in [2.05, 4.69) is 20.9 Å². The van der Waals surface area contributed by atoms with Gasteiger partial charge in [0, 0.05) is 34.8 Å². The molecule has 0 aliphatic heterocycles. The predicted molar refractivity (Wildman–Crippen MR) is 117 cm³/mol. The third kappa shape index (κ3) is 5.89. The zero-order valence-corrected chi connectivity index (χ0v) is 17.5. The Morgan fingerprint density at radius 1 is 1.03 bits per heavy atom. The second kappa shape index (κ2) is 9.34. The number of benzene rings is 2. The van der Waals surface area contributed by atoms with E-state index in [1.165, 1.54) is 0 Å². The Labute approximate surface area is 174 Å². The second-order valence-corrected chi connectivity index (χ2v) is 8.02. The Morgan fingerprint density at radius 3 is 2.31 bits per heavy atom. The van der Waals surface area contributed by atoms with Crippen molar-refractivity contribution in [3.63, 3.8) is 0 Å². The molecule has 2 aromatic carbocycles. The van der Waals surface area contributed by atoms with Gasteiger partial charge in [0.2, 0.25) is 0 Å². The van der Waals surface area contributed by atoms with Crippen LogP contribution in [-0.4, -0.2) is 23.0 Å². The quantitative estimate of drug-likeness (QED) is 0.558. The maximum atomic E-state index is 12.5. The summed E-state index contributed by atoms with van der Waals surface area (Å²) in [5.74, 6) is -0.181. The van der Waals surface area contributed by atoms with Crippen LogP contribution in [0.15, 0.2) is 53.9 Å². The van der Waals surface area contributed by atoms with Crippen LogP contribution in [0, 0.1) is 6.92 Å². The molecule has 3 rings (SSSR count). The van der Waals surface area contributed by atoms with Crippen LogP contribution in [0.3, 0.4) is 0 Å². The minimum absolute atomic E-state index is 0.0840. The number of carbonyl (C=O) groups excluding carboxylic acids is 2. The molecule has 0 unspecified atom stereocenters. The van der Waals surface area contributed by atoms with Gasteiger partial charge >= 0.3 is 6.03 Å². The van der Waals surface area contributed by atoms with Crippen molar-refractivity contribution in [3.05, 3.63) is 70.0 Å². The van der Waals surface area contributed by atoms with Crippen molar-refractivity contribution in [2.45, 2.75) is 33.4 Å². The molecule has 0 atom stereocenters. The molecular weight excluding hydrogens is 384 g/mol. The number of nitrogens with one attached hydrogen (secondary N) is 3. The molecule has 0 spiro atoms. The molecule has 3 aromatic rings. The molecule has 3 amide bonds. The molecular formula is C22H24N4O2S. The summed E-state index contributed by atoms with van der Waals surface area (Å²) < 4.78 is 0. The van der Waals surface area contributed by atoms with Crippen LogP contribution in [0.1, 0.15) is 34.8 Å². The van der Waals surface area contributed by atoms with Crippen LogP contribution >= 0.6 is 11.3 Å². The molecule has 1 aromatic heterocycles. The van der Waals surface area contributed by atoms with Crippen LogP contribution in [-0.2, 0) is 6.54 Å². The molecule has 1 heterocycles. The number of hydrogen-bond donors (Lipinski definition) is 3. The lowest BCUT2D eigenvalue weighted by Crippen LogP contribution is -2.39. The van der Waals surface area contributed by atoms with Gasteiger partial charge in [-0.2, -0.15) is 0 Å². The van der Waals surface area contributed by atoms with Gasteiger partial charge < -0.3 is 16.0 Å². The number of rotatable bonds is 6. The van der Waals surface area contributed by atoms with Gasteiger partial charge in [0.1, 0.15) is 0 Å². The van der Waals surface area contributed by atoms with Crippen LogP contribution < -0.4 is 16.0 Å². The van der Waals surface area contributed by atoms with Gasteiger partial charge in [-0.3, -0.25) is 4.79 Å². The zero-order valence-electron chi connectivity index (χ0n) is 16.7. The molecule has 0 radical (unpaired) electrons.